The molecule has 1 heterocycles. The largest absolute Gasteiger partial charge is 0.363 e. The lowest BCUT2D eigenvalue weighted by atomic mass is 10.1. The van der Waals surface area contributed by atoms with Crippen molar-refractivity contribution in [3.8, 4) is 0 Å². The Labute approximate surface area is 113 Å². The molecule has 1 aromatic carbocycles. The summed E-state index contributed by atoms with van der Waals surface area (Å²) in [5, 5.41) is 2.83. The summed E-state index contributed by atoms with van der Waals surface area (Å²) in [5.74, 6) is 0.733. The number of nitrogens with one attached hydrogen (secondary N) is 1. The smallest absolute Gasteiger partial charge is 0.255 e. The third-order valence-corrected chi connectivity index (χ3v) is 2.74. The van der Waals surface area contributed by atoms with Crippen LogP contribution in [0.5, 0.6) is 0 Å². The van der Waals surface area contributed by atoms with Gasteiger partial charge in [0.25, 0.3) is 5.91 Å². The van der Waals surface area contributed by atoms with E-state index in [0.29, 0.717) is 11.3 Å². The van der Waals surface area contributed by atoms with E-state index in [-0.39, 0.29) is 5.91 Å². The van der Waals surface area contributed by atoms with Crippen LogP contribution in [0.3, 0.4) is 0 Å². The topological polar surface area (TPSA) is 45.2 Å². The van der Waals surface area contributed by atoms with Crippen molar-refractivity contribution in [2.24, 2.45) is 0 Å². The van der Waals surface area contributed by atoms with Gasteiger partial charge in [-0.15, -0.1) is 0 Å². The number of pyridine rings is 1. The number of rotatable bonds is 3. The Morgan fingerprint density at radius 2 is 2.00 bits per heavy atom. The van der Waals surface area contributed by atoms with Crippen molar-refractivity contribution in [2.45, 2.75) is 6.92 Å². The third kappa shape index (κ3) is 3.31. The van der Waals surface area contributed by atoms with E-state index in [4.69, 9.17) is 0 Å². The van der Waals surface area contributed by atoms with E-state index < -0.39 is 0 Å². The molecule has 0 fully saturated rings. The van der Waals surface area contributed by atoms with Crippen molar-refractivity contribution in [1.82, 2.24) is 4.98 Å². The van der Waals surface area contributed by atoms with Gasteiger partial charge in [-0.25, -0.2) is 4.98 Å². The molecule has 1 N–H and O–H groups in total. The molecule has 0 aliphatic rings. The van der Waals surface area contributed by atoms with Crippen LogP contribution in [0.4, 0.5) is 11.5 Å². The van der Waals surface area contributed by atoms with E-state index in [1.54, 1.807) is 12.3 Å². The second kappa shape index (κ2) is 5.52. The van der Waals surface area contributed by atoms with Crippen molar-refractivity contribution >= 4 is 17.4 Å². The van der Waals surface area contributed by atoms with Gasteiger partial charge in [-0.3, -0.25) is 4.79 Å². The predicted molar refractivity (Wildman–Crippen MR) is 77.7 cm³/mol. The highest BCUT2D eigenvalue weighted by atomic mass is 16.1. The molecule has 4 heteroatoms. The van der Waals surface area contributed by atoms with Crippen LogP contribution < -0.4 is 10.2 Å². The van der Waals surface area contributed by atoms with E-state index in [1.165, 1.54) is 0 Å². The second-order valence-corrected chi connectivity index (χ2v) is 4.62. The van der Waals surface area contributed by atoms with Gasteiger partial charge in [0.15, 0.2) is 0 Å². The molecule has 1 amide bonds. The predicted octanol–water partition coefficient (Wildman–Crippen LogP) is 2.71. The summed E-state index contributed by atoms with van der Waals surface area (Å²) in [6.07, 6.45) is 1.66. The lowest BCUT2D eigenvalue weighted by Gasteiger charge is -2.11. The number of anilines is 2. The molecular formula is C15H17N3O. The van der Waals surface area contributed by atoms with Gasteiger partial charge in [0, 0.05) is 19.7 Å². The van der Waals surface area contributed by atoms with Crippen molar-refractivity contribution in [3.63, 3.8) is 0 Å². The number of benzene rings is 1. The number of amides is 1. The van der Waals surface area contributed by atoms with Gasteiger partial charge in [0.2, 0.25) is 0 Å². The molecule has 0 spiro atoms. The fraction of sp³-hybridized carbons (Fsp3) is 0.200. The minimum absolute atomic E-state index is 0.122. The molecule has 0 aliphatic carbocycles. The monoisotopic (exact) mass is 255 g/mol. The summed E-state index contributed by atoms with van der Waals surface area (Å²) in [6, 6.07) is 11.2. The minimum atomic E-state index is -0.122. The number of carbonyl (C=O) groups excluding carboxylic acids is 1. The summed E-state index contributed by atoms with van der Waals surface area (Å²) >= 11 is 0. The van der Waals surface area contributed by atoms with Crippen molar-refractivity contribution in [1.29, 1.82) is 0 Å². The molecule has 2 aromatic rings. The third-order valence-electron chi connectivity index (χ3n) is 2.74. The molecule has 1 aromatic heterocycles. The van der Waals surface area contributed by atoms with E-state index in [0.717, 1.165) is 11.4 Å². The summed E-state index contributed by atoms with van der Waals surface area (Å²) in [5.41, 5.74) is 2.41. The summed E-state index contributed by atoms with van der Waals surface area (Å²) in [6.45, 7) is 1.96. The van der Waals surface area contributed by atoms with Crippen molar-refractivity contribution < 1.29 is 4.79 Å². The Balaban J connectivity index is 2.10. The Morgan fingerprint density at radius 1 is 1.21 bits per heavy atom. The van der Waals surface area contributed by atoms with Crippen LogP contribution in [0, 0.1) is 6.92 Å². The molecule has 0 radical (unpaired) electrons. The molecule has 4 nitrogen and oxygen atoms in total. The van der Waals surface area contributed by atoms with E-state index in [9.17, 15) is 4.79 Å². The first-order chi connectivity index (χ1) is 9.06. The summed E-state index contributed by atoms with van der Waals surface area (Å²) < 4.78 is 0. The first-order valence-electron chi connectivity index (χ1n) is 6.07. The molecule has 0 aliphatic heterocycles. The maximum atomic E-state index is 12.0. The van der Waals surface area contributed by atoms with E-state index >= 15 is 0 Å². The van der Waals surface area contributed by atoms with Crippen LogP contribution in [0.25, 0.3) is 0 Å². The highest BCUT2D eigenvalue weighted by Gasteiger charge is 2.06. The highest BCUT2D eigenvalue weighted by Crippen LogP contribution is 2.13. The van der Waals surface area contributed by atoms with Gasteiger partial charge < -0.3 is 10.2 Å². The molecule has 0 saturated carbocycles. The van der Waals surface area contributed by atoms with Gasteiger partial charge in [-0.05, 0) is 31.2 Å². The van der Waals surface area contributed by atoms with E-state index in [1.807, 2.05) is 56.3 Å². The standard InChI is InChI=1S/C15H17N3O/c1-11-5-4-6-12(9-11)15(19)17-13-7-8-14(16-10-13)18(2)3/h4-10H,1-3H3,(H,17,19). The van der Waals surface area contributed by atoms with Gasteiger partial charge in [-0.1, -0.05) is 17.7 Å². The zero-order valence-electron chi connectivity index (χ0n) is 11.3. The molecule has 98 valence electrons. The molecule has 0 bridgehead atoms. The van der Waals surface area contributed by atoms with E-state index in [2.05, 4.69) is 10.3 Å². The van der Waals surface area contributed by atoms with Gasteiger partial charge >= 0.3 is 0 Å². The lowest BCUT2D eigenvalue weighted by molar-refractivity contribution is 0.102. The Morgan fingerprint density at radius 3 is 2.58 bits per heavy atom. The fourth-order valence-corrected chi connectivity index (χ4v) is 1.71. The first-order valence-corrected chi connectivity index (χ1v) is 6.07. The van der Waals surface area contributed by atoms with Crippen LogP contribution in [0.1, 0.15) is 15.9 Å². The second-order valence-electron chi connectivity index (χ2n) is 4.62. The van der Waals surface area contributed by atoms with Gasteiger partial charge in [-0.2, -0.15) is 0 Å². The quantitative estimate of drug-likeness (QED) is 0.917. The molecular weight excluding hydrogens is 238 g/mol. The van der Waals surface area contributed by atoms with Crippen LogP contribution in [-0.2, 0) is 0 Å². The van der Waals surface area contributed by atoms with Crippen molar-refractivity contribution in [2.75, 3.05) is 24.3 Å². The SMILES string of the molecule is Cc1cccc(C(=O)Nc2ccc(N(C)C)nc2)c1. The summed E-state index contributed by atoms with van der Waals surface area (Å²) in [7, 11) is 3.85. The summed E-state index contributed by atoms with van der Waals surface area (Å²) in [4.78, 5) is 18.2. The van der Waals surface area contributed by atoms with Crippen LogP contribution >= 0.6 is 0 Å². The molecule has 2 rings (SSSR count). The Kier molecular flexibility index (Phi) is 3.80. The number of aryl methyl sites for hydroxylation is 1. The Hall–Kier alpha value is -2.36. The average Bonchev–Trinajstić information content (AvgIpc) is 2.39. The maximum absolute atomic E-state index is 12.0. The molecule has 0 saturated heterocycles. The van der Waals surface area contributed by atoms with Gasteiger partial charge in [0.1, 0.15) is 5.82 Å². The zero-order chi connectivity index (χ0) is 13.8. The number of nitrogens with zero attached hydrogens (tertiary/aromatic N) is 2. The minimum Gasteiger partial charge on any atom is -0.363 e. The normalized spacial score (nSPS) is 10.1. The van der Waals surface area contributed by atoms with Crippen LogP contribution in [0.15, 0.2) is 42.6 Å². The maximum Gasteiger partial charge on any atom is 0.255 e. The highest BCUT2D eigenvalue weighted by molar-refractivity contribution is 6.04. The number of hydrogen-bond donors (Lipinski definition) is 1. The number of hydrogen-bond acceptors (Lipinski definition) is 3. The van der Waals surface area contributed by atoms with Gasteiger partial charge in [0.05, 0.1) is 11.9 Å². The lowest BCUT2D eigenvalue weighted by Crippen LogP contribution is -2.13. The molecule has 0 atom stereocenters. The zero-order valence-corrected chi connectivity index (χ0v) is 11.3. The molecule has 0 unspecified atom stereocenters. The average molecular weight is 255 g/mol. The number of aromatic nitrogens is 1. The Bertz CT molecular complexity index is 576. The van der Waals surface area contributed by atoms with Crippen LogP contribution in [0.2, 0.25) is 0 Å². The first kappa shape index (κ1) is 13.1. The fourth-order valence-electron chi connectivity index (χ4n) is 1.71. The number of carbonyl (C=O) groups is 1. The van der Waals surface area contributed by atoms with Crippen molar-refractivity contribution in [3.05, 3.63) is 53.7 Å². The molecule has 19 heavy (non-hydrogen) atoms. The van der Waals surface area contributed by atoms with Crippen LogP contribution in [-0.4, -0.2) is 25.0 Å².